The molecule has 1 aliphatic rings. The van der Waals surface area contributed by atoms with Gasteiger partial charge in [0.2, 0.25) is 0 Å². The molecule has 36 valence electrons. The maximum absolute atomic E-state index is 4.90. The summed E-state index contributed by atoms with van der Waals surface area (Å²) in [5, 5.41) is 0. The lowest BCUT2D eigenvalue weighted by Gasteiger charge is -1.79. The molecule has 0 aromatic heterocycles. The molecule has 0 amide bonds. The number of thiol groups is 1. The molecule has 0 N–H and O–H groups in total. The van der Waals surface area contributed by atoms with Gasteiger partial charge in [0.1, 0.15) is 0 Å². The highest BCUT2D eigenvalue weighted by atomic mass is 32.1. The van der Waals surface area contributed by atoms with E-state index in [9.17, 15) is 0 Å². The van der Waals surface area contributed by atoms with Crippen LogP contribution in [0.25, 0.3) is 0 Å². The van der Waals surface area contributed by atoms with Crippen LogP contribution in [0, 0.1) is 0 Å². The zero-order chi connectivity index (χ0) is 4.41. The SMILES string of the molecule is SCCC1CO1. The monoisotopic (exact) mass is 104 g/mol. The predicted molar refractivity (Wildman–Crippen MR) is 28.2 cm³/mol. The number of hydrogen-bond acceptors (Lipinski definition) is 2. The average molecular weight is 104 g/mol. The Labute approximate surface area is 43.1 Å². The molecule has 0 radical (unpaired) electrons. The Kier molecular flexibility index (Phi) is 1.37. The molecule has 1 atom stereocenters. The summed E-state index contributed by atoms with van der Waals surface area (Å²) in [5.74, 6) is 0.963. The molecule has 1 nitrogen and oxygen atoms in total. The highest BCUT2D eigenvalue weighted by Gasteiger charge is 2.20. The summed E-state index contributed by atoms with van der Waals surface area (Å²) in [6.07, 6.45) is 1.70. The van der Waals surface area contributed by atoms with E-state index in [1.807, 2.05) is 0 Å². The Hall–Kier alpha value is 0.310. The molecular weight excluding hydrogens is 96.1 g/mol. The summed E-state index contributed by atoms with van der Waals surface area (Å²) in [4.78, 5) is 0. The zero-order valence-corrected chi connectivity index (χ0v) is 4.45. The first-order valence-corrected chi connectivity index (χ1v) is 2.79. The lowest BCUT2D eigenvalue weighted by Crippen LogP contribution is -1.82. The molecule has 1 unspecified atom stereocenters. The van der Waals surface area contributed by atoms with E-state index in [0.29, 0.717) is 6.10 Å². The molecule has 0 aromatic carbocycles. The molecule has 6 heavy (non-hydrogen) atoms. The van der Waals surface area contributed by atoms with Gasteiger partial charge in [-0.05, 0) is 12.2 Å². The molecule has 0 aliphatic carbocycles. The lowest BCUT2D eigenvalue weighted by molar-refractivity contribution is 0.405. The first-order chi connectivity index (χ1) is 2.93. The van der Waals surface area contributed by atoms with Crippen LogP contribution >= 0.6 is 12.6 Å². The smallest absolute Gasteiger partial charge is 0.0817 e. The van der Waals surface area contributed by atoms with Gasteiger partial charge in [-0.15, -0.1) is 0 Å². The van der Waals surface area contributed by atoms with E-state index in [1.54, 1.807) is 0 Å². The molecule has 0 spiro atoms. The maximum Gasteiger partial charge on any atom is 0.0817 e. The van der Waals surface area contributed by atoms with E-state index < -0.39 is 0 Å². The van der Waals surface area contributed by atoms with Crippen molar-refractivity contribution in [3.63, 3.8) is 0 Å². The third kappa shape index (κ3) is 1.19. The highest BCUT2D eigenvalue weighted by molar-refractivity contribution is 7.80. The summed E-state index contributed by atoms with van der Waals surface area (Å²) >= 11 is 4.02. The predicted octanol–water partition coefficient (Wildman–Crippen LogP) is 0.705. The third-order valence-corrected chi connectivity index (χ3v) is 1.11. The van der Waals surface area contributed by atoms with Gasteiger partial charge in [-0.2, -0.15) is 12.6 Å². The Morgan fingerprint density at radius 3 is 2.67 bits per heavy atom. The van der Waals surface area contributed by atoms with Crippen molar-refractivity contribution in [1.82, 2.24) is 0 Å². The third-order valence-electron chi connectivity index (χ3n) is 0.853. The summed E-state index contributed by atoms with van der Waals surface area (Å²) in [7, 11) is 0. The second-order valence-corrected chi connectivity index (χ2v) is 1.91. The number of epoxide rings is 1. The molecule has 0 bridgehead atoms. The van der Waals surface area contributed by atoms with Gasteiger partial charge in [-0.25, -0.2) is 0 Å². The van der Waals surface area contributed by atoms with Gasteiger partial charge < -0.3 is 4.74 Å². The molecule has 1 heterocycles. The minimum Gasteiger partial charge on any atom is -0.373 e. The van der Waals surface area contributed by atoms with Crippen LogP contribution in [0.2, 0.25) is 0 Å². The highest BCUT2D eigenvalue weighted by Crippen LogP contribution is 2.12. The van der Waals surface area contributed by atoms with E-state index >= 15 is 0 Å². The Bertz CT molecular complexity index is 42.8. The number of ether oxygens (including phenoxy) is 1. The average Bonchev–Trinajstić information content (AvgIpc) is 2.21. The fraction of sp³-hybridized carbons (Fsp3) is 1.00. The van der Waals surface area contributed by atoms with Crippen LogP contribution in [-0.4, -0.2) is 18.5 Å². The Morgan fingerprint density at radius 1 is 1.83 bits per heavy atom. The minimum atomic E-state index is 0.572. The summed E-state index contributed by atoms with van der Waals surface area (Å²) < 4.78 is 4.90. The van der Waals surface area contributed by atoms with Crippen molar-refractivity contribution in [2.24, 2.45) is 0 Å². The largest absolute Gasteiger partial charge is 0.373 e. The molecule has 1 aliphatic heterocycles. The first-order valence-electron chi connectivity index (χ1n) is 2.16. The molecule has 0 aromatic rings. The van der Waals surface area contributed by atoms with E-state index in [2.05, 4.69) is 12.6 Å². The molecule has 1 rings (SSSR count). The maximum atomic E-state index is 4.90. The Balaban J connectivity index is 1.88. The molecular formula is C4H8OS. The van der Waals surface area contributed by atoms with Crippen LogP contribution < -0.4 is 0 Å². The van der Waals surface area contributed by atoms with E-state index in [-0.39, 0.29) is 0 Å². The van der Waals surface area contributed by atoms with Gasteiger partial charge in [0.05, 0.1) is 12.7 Å². The summed E-state index contributed by atoms with van der Waals surface area (Å²) in [6.45, 7) is 0.973. The van der Waals surface area contributed by atoms with Crippen molar-refractivity contribution in [1.29, 1.82) is 0 Å². The van der Waals surface area contributed by atoms with E-state index in [0.717, 1.165) is 18.8 Å². The van der Waals surface area contributed by atoms with Crippen molar-refractivity contribution in [3.8, 4) is 0 Å². The van der Waals surface area contributed by atoms with Crippen LogP contribution in [0.1, 0.15) is 6.42 Å². The van der Waals surface area contributed by atoms with E-state index in [4.69, 9.17) is 4.74 Å². The second kappa shape index (κ2) is 1.85. The van der Waals surface area contributed by atoms with Crippen molar-refractivity contribution in [3.05, 3.63) is 0 Å². The van der Waals surface area contributed by atoms with Crippen LogP contribution in [0.15, 0.2) is 0 Å². The second-order valence-electron chi connectivity index (χ2n) is 1.47. The summed E-state index contributed by atoms with van der Waals surface area (Å²) in [5.41, 5.74) is 0. The topological polar surface area (TPSA) is 12.5 Å². The zero-order valence-electron chi connectivity index (χ0n) is 3.55. The van der Waals surface area contributed by atoms with Gasteiger partial charge in [0, 0.05) is 0 Å². The van der Waals surface area contributed by atoms with Gasteiger partial charge in [-0.1, -0.05) is 0 Å². The van der Waals surface area contributed by atoms with Crippen LogP contribution in [0.5, 0.6) is 0 Å². The van der Waals surface area contributed by atoms with Crippen molar-refractivity contribution in [2.45, 2.75) is 12.5 Å². The van der Waals surface area contributed by atoms with Crippen LogP contribution in [0.4, 0.5) is 0 Å². The Morgan fingerprint density at radius 2 is 2.50 bits per heavy atom. The van der Waals surface area contributed by atoms with E-state index in [1.165, 1.54) is 0 Å². The van der Waals surface area contributed by atoms with Gasteiger partial charge in [-0.3, -0.25) is 0 Å². The van der Waals surface area contributed by atoms with Gasteiger partial charge >= 0.3 is 0 Å². The minimum absolute atomic E-state index is 0.572. The fourth-order valence-corrected chi connectivity index (χ4v) is 0.667. The van der Waals surface area contributed by atoms with Crippen LogP contribution in [-0.2, 0) is 4.74 Å². The standard InChI is InChI=1S/C4H8OS/c6-2-1-4-3-5-4/h4,6H,1-3H2. The fourth-order valence-electron chi connectivity index (χ4n) is 0.379. The number of rotatable bonds is 2. The van der Waals surface area contributed by atoms with Crippen molar-refractivity contribution >= 4 is 12.6 Å². The first kappa shape index (κ1) is 4.47. The van der Waals surface area contributed by atoms with Crippen LogP contribution in [0.3, 0.4) is 0 Å². The quantitative estimate of drug-likeness (QED) is 0.402. The molecule has 1 fully saturated rings. The normalized spacial score (nSPS) is 30.5. The summed E-state index contributed by atoms with van der Waals surface area (Å²) in [6, 6.07) is 0. The van der Waals surface area contributed by atoms with Gasteiger partial charge in [0.15, 0.2) is 0 Å². The lowest BCUT2D eigenvalue weighted by atomic mass is 10.4. The number of hydrogen-bond donors (Lipinski definition) is 1. The molecule has 0 saturated carbocycles. The molecule has 2 heteroatoms. The van der Waals surface area contributed by atoms with Crippen molar-refractivity contribution in [2.75, 3.05) is 12.4 Å². The van der Waals surface area contributed by atoms with Gasteiger partial charge in [0.25, 0.3) is 0 Å². The molecule has 1 saturated heterocycles. The van der Waals surface area contributed by atoms with Crippen molar-refractivity contribution < 1.29 is 4.74 Å².